The van der Waals surface area contributed by atoms with E-state index in [-0.39, 0.29) is 0 Å². The molecule has 0 unspecified atom stereocenters. The molecule has 0 aliphatic carbocycles. The molecule has 0 spiro atoms. The summed E-state index contributed by atoms with van der Waals surface area (Å²) in [6.45, 7) is 0.541. The molecule has 1 aliphatic heterocycles. The number of hydrogen-bond acceptors (Lipinski definition) is 2. The molecule has 1 aliphatic rings. The predicted molar refractivity (Wildman–Crippen MR) is 80.3 cm³/mol. The number of fused-ring (bicyclic) bond motifs is 1. The van der Waals surface area contributed by atoms with E-state index in [1.165, 1.54) is 11.0 Å². The molecular weight excluding hydrogens is 234 g/mol. The zero-order chi connectivity index (χ0) is 13.2. The first kappa shape index (κ1) is 12.5. The second-order valence-electron chi connectivity index (χ2n) is 5.21. The quantitative estimate of drug-likeness (QED) is 0.757. The van der Waals surface area contributed by atoms with Gasteiger partial charge >= 0.3 is 7.12 Å². The van der Waals surface area contributed by atoms with Crippen LogP contribution < -0.4 is 10.9 Å². The molecule has 2 nitrogen and oxygen atoms in total. The van der Waals surface area contributed by atoms with Crippen LogP contribution in [0.3, 0.4) is 0 Å². The van der Waals surface area contributed by atoms with Crippen molar-refractivity contribution in [3.05, 3.63) is 59.7 Å². The average Bonchev–Trinajstić information content (AvgIpc) is 2.47. The standard InChI is InChI=1S/C15H16B2O2/c18-17(19)15-8-4-5-12-11-16(10-9-14(12)15)13-6-2-1-3-7-13/h1-8,18-19H,9-11H2. The van der Waals surface area contributed by atoms with Crippen molar-refractivity contribution in [3.8, 4) is 0 Å². The molecule has 0 saturated heterocycles. The third-order valence-corrected chi connectivity index (χ3v) is 4.07. The lowest BCUT2D eigenvalue weighted by atomic mass is 9.37. The fraction of sp³-hybridized carbons (Fsp3) is 0.200. The van der Waals surface area contributed by atoms with Crippen LogP contribution in [0.1, 0.15) is 11.1 Å². The summed E-state index contributed by atoms with van der Waals surface area (Å²) in [5.41, 5.74) is 4.43. The number of hydrogen-bond donors (Lipinski definition) is 2. The van der Waals surface area contributed by atoms with Gasteiger partial charge in [0.25, 0.3) is 0 Å². The highest BCUT2D eigenvalue weighted by molar-refractivity contribution is 6.73. The van der Waals surface area contributed by atoms with Crippen LogP contribution in [-0.2, 0) is 12.7 Å². The first-order valence-corrected chi connectivity index (χ1v) is 6.77. The Morgan fingerprint density at radius 3 is 2.47 bits per heavy atom. The molecule has 0 radical (unpaired) electrons. The fourth-order valence-corrected chi connectivity index (χ4v) is 3.09. The summed E-state index contributed by atoms with van der Waals surface area (Å²) in [7, 11) is -1.36. The summed E-state index contributed by atoms with van der Waals surface area (Å²) >= 11 is 0. The molecule has 0 amide bonds. The number of rotatable bonds is 2. The zero-order valence-corrected chi connectivity index (χ0v) is 10.8. The van der Waals surface area contributed by atoms with Gasteiger partial charge < -0.3 is 10.0 Å². The van der Waals surface area contributed by atoms with Crippen molar-refractivity contribution in [2.24, 2.45) is 0 Å². The van der Waals surface area contributed by atoms with Crippen molar-refractivity contribution in [1.29, 1.82) is 0 Å². The van der Waals surface area contributed by atoms with Crippen molar-refractivity contribution >= 4 is 24.8 Å². The van der Waals surface area contributed by atoms with Gasteiger partial charge in [-0.1, -0.05) is 65.9 Å². The maximum absolute atomic E-state index is 9.42. The van der Waals surface area contributed by atoms with Crippen molar-refractivity contribution in [2.75, 3.05) is 0 Å². The van der Waals surface area contributed by atoms with Crippen molar-refractivity contribution < 1.29 is 10.0 Å². The molecule has 0 fully saturated rings. The van der Waals surface area contributed by atoms with Gasteiger partial charge in [0.2, 0.25) is 0 Å². The lowest BCUT2D eigenvalue weighted by molar-refractivity contribution is 0.425. The minimum absolute atomic E-state index is 0.541. The average molecular weight is 250 g/mol. The first-order chi connectivity index (χ1) is 9.25. The summed E-state index contributed by atoms with van der Waals surface area (Å²) in [6, 6.07) is 16.4. The Bertz CT molecular complexity index is 570. The van der Waals surface area contributed by atoms with E-state index in [0.29, 0.717) is 12.2 Å². The second-order valence-corrected chi connectivity index (χ2v) is 5.21. The SMILES string of the molecule is OB(O)c1cccc2c1CCB(c1ccccc1)C2. The molecule has 2 aromatic rings. The van der Waals surface area contributed by atoms with Gasteiger partial charge in [-0.3, -0.25) is 0 Å². The summed E-state index contributed by atoms with van der Waals surface area (Å²) in [6.07, 6.45) is 2.98. The van der Waals surface area contributed by atoms with Crippen LogP contribution in [0.15, 0.2) is 48.5 Å². The fourth-order valence-electron chi connectivity index (χ4n) is 3.09. The van der Waals surface area contributed by atoms with E-state index in [1.807, 2.05) is 18.2 Å². The lowest BCUT2D eigenvalue weighted by Crippen LogP contribution is -2.41. The molecule has 4 heteroatoms. The van der Waals surface area contributed by atoms with E-state index in [0.717, 1.165) is 24.6 Å². The van der Waals surface area contributed by atoms with E-state index in [9.17, 15) is 10.0 Å². The predicted octanol–water partition coefficient (Wildman–Crippen LogP) is 0.406. The third kappa shape index (κ3) is 2.46. The largest absolute Gasteiger partial charge is 0.488 e. The molecule has 0 aromatic heterocycles. The maximum atomic E-state index is 9.42. The Hall–Kier alpha value is -1.51. The van der Waals surface area contributed by atoms with Crippen molar-refractivity contribution in [3.63, 3.8) is 0 Å². The first-order valence-electron chi connectivity index (χ1n) is 6.77. The Balaban J connectivity index is 1.91. The summed E-state index contributed by atoms with van der Waals surface area (Å²) in [4.78, 5) is 0. The van der Waals surface area contributed by atoms with Crippen LogP contribution in [0, 0.1) is 0 Å². The van der Waals surface area contributed by atoms with Gasteiger partial charge in [0.1, 0.15) is 0 Å². The van der Waals surface area contributed by atoms with E-state index in [1.54, 1.807) is 0 Å². The Morgan fingerprint density at radius 2 is 1.74 bits per heavy atom. The molecule has 0 saturated carbocycles. The molecule has 2 N–H and O–H groups in total. The van der Waals surface area contributed by atoms with Crippen LogP contribution in [0.2, 0.25) is 6.32 Å². The molecule has 19 heavy (non-hydrogen) atoms. The lowest BCUT2D eigenvalue weighted by Gasteiger charge is -2.24. The molecule has 1 heterocycles. The van der Waals surface area contributed by atoms with Crippen molar-refractivity contribution in [1.82, 2.24) is 0 Å². The molecule has 0 atom stereocenters. The van der Waals surface area contributed by atoms with E-state index in [2.05, 4.69) is 30.3 Å². The normalized spacial score (nSPS) is 14.1. The Kier molecular flexibility index (Phi) is 3.45. The minimum Gasteiger partial charge on any atom is -0.423 e. The second kappa shape index (κ2) is 5.24. The van der Waals surface area contributed by atoms with Crippen LogP contribution in [0.4, 0.5) is 0 Å². The maximum Gasteiger partial charge on any atom is 0.488 e. The van der Waals surface area contributed by atoms with Gasteiger partial charge in [-0.15, -0.1) is 0 Å². The van der Waals surface area contributed by atoms with Crippen LogP contribution in [-0.4, -0.2) is 23.9 Å². The highest BCUT2D eigenvalue weighted by Gasteiger charge is 2.27. The number of benzene rings is 2. The molecule has 3 rings (SSSR count). The van der Waals surface area contributed by atoms with E-state index >= 15 is 0 Å². The van der Waals surface area contributed by atoms with Crippen molar-refractivity contribution in [2.45, 2.75) is 19.1 Å². The Labute approximate surface area is 114 Å². The highest BCUT2D eigenvalue weighted by atomic mass is 16.4. The van der Waals surface area contributed by atoms with E-state index < -0.39 is 7.12 Å². The smallest absolute Gasteiger partial charge is 0.423 e. The van der Waals surface area contributed by atoms with Gasteiger partial charge in [0.05, 0.1) is 0 Å². The topological polar surface area (TPSA) is 40.5 Å². The molecular formula is C15H16B2O2. The monoisotopic (exact) mass is 250 g/mol. The minimum atomic E-state index is -1.36. The highest BCUT2D eigenvalue weighted by Crippen LogP contribution is 2.20. The van der Waals surface area contributed by atoms with Gasteiger partial charge in [0.15, 0.2) is 6.71 Å². The Morgan fingerprint density at radius 1 is 0.947 bits per heavy atom. The zero-order valence-electron chi connectivity index (χ0n) is 10.8. The summed E-state index contributed by atoms with van der Waals surface area (Å²) in [5.74, 6) is 0. The van der Waals surface area contributed by atoms with Gasteiger partial charge in [-0.05, 0) is 23.8 Å². The molecule has 2 aromatic carbocycles. The third-order valence-electron chi connectivity index (χ3n) is 4.07. The van der Waals surface area contributed by atoms with Gasteiger partial charge in [-0.2, -0.15) is 0 Å². The van der Waals surface area contributed by atoms with Crippen LogP contribution >= 0.6 is 0 Å². The molecule has 0 bridgehead atoms. The molecule has 94 valence electrons. The van der Waals surface area contributed by atoms with Crippen LogP contribution in [0.5, 0.6) is 0 Å². The van der Waals surface area contributed by atoms with Gasteiger partial charge in [0, 0.05) is 0 Å². The summed E-state index contributed by atoms with van der Waals surface area (Å²) < 4.78 is 0. The van der Waals surface area contributed by atoms with Gasteiger partial charge in [-0.25, -0.2) is 0 Å². The summed E-state index contributed by atoms with van der Waals surface area (Å²) in [5, 5.41) is 18.8. The van der Waals surface area contributed by atoms with Crippen LogP contribution in [0.25, 0.3) is 0 Å². The van der Waals surface area contributed by atoms with E-state index in [4.69, 9.17) is 0 Å².